The van der Waals surface area contributed by atoms with Gasteiger partial charge in [0, 0.05) is 24.4 Å². The molecule has 2 aromatic carbocycles. The fraction of sp³-hybridized carbons (Fsp3) is 0.250. The van der Waals surface area contributed by atoms with Gasteiger partial charge in [0.1, 0.15) is 0 Å². The van der Waals surface area contributed by atoms with E-state index < -0.39 is 0 Å². The molecule has 144 valence electrons. The summed E-state index contributed by atoms with van der Waals surface area (Å²) in [5, 5.41) is 11.8. The normalized spacial score (nSPS) is 13.4. The Bertz CT molecular complexity index is 1020. The standard InChI is InChI=1S/C20H20N4O3S/c1-12-4-6-14(7-5-12)18-22-23-20(24(18)3)28-13(2)19(25)21-15-8-9-16-17(10-15)27-11-26-16/h4-10,13H,11H2,1-3H3,(H,21,25). The Kier molecular flexibility index (Phi) is 4.95. The molecule has 0 spiro atoms. The molecule has 0 bridgehead atoms. The Morgan fingerprint density at radius 2 is 1.89 bits per heavy atom. The highest BCUT2D eigenvalue weighted by Gasteiger charge is 2.21. The number of anilines is 1. The number of aryl methyl sites for hydroxylation is 1. The van der Waals surface area contributed by atoms with Crippen LogP contribution in [-0.2, 0) is 11.8 Å². The van der Waals surface area contributed by atoms with Crippen LogP contribution in [0, 0.1) is 6.92 Å². The molecular weight excluding hydrogens is 376 g/mol. The van der Waals surface area contributed by atoms with Crippen molar-refractivity contribution < 1.29 is 14.3 Å². The van der Waals surface area contributed by atoms with Gasteiger partial charge in [-0.1, -0.05) is 41.6 Å². The highest BCUT2D eigenvalue weighted by atomic mass is 32.2. The molecule has 3 aromatic rings. The van der Waals surface area contributed by atoms with Crippen LogP contribution < -0.4 is 14.8 Å². The van der Waals surface area contributed by atoms with Crippen LogP contribution >= 0.6 is 11.8 Å². The van der Waals surface area contributed by atoms with Gasteiger partial charge in [-0.2, -0.15) is 0 Å². The lowest BCUT2D eigenvalue weighted by Gasteiger charge is -2.12. The highest BCUT2D eigenvalue weighted by Crippen LogP contribution is 2.34. The molecule has 8 heteroatoms. The average molecular weight is 396 g/mol. The molecule has 2 heterocycles. The van der Waals surface area contributed by atoms with Crippen molar-refractivity contribution in [3.63, 3.8) is 0 Å². The van der Waals surface area contributed by atoms with E-state index in [9.17, 15) is 4.79 Å². The van der Waals surface area contributed by atoms with E-state index in [1.807, 2.05) is 49.7 Å². The Morgan fingerprint density at radius 1 is 1.14 bits per heavy atom. The van der Waals surface area contributed by atoms with Gasteiger partial charge in [0.2, 0.25) is 12.7 Å². The van der Waals surface area contributed by atoms with E-state index in [0.717, 1.165) is 11.4 Å². The number of amides is 1. The van der Waals surface area contributed by atoms with Crippen molar-refractivity contribution in [2.24, 2.45) is 7.05 Å². The molecule has 0 fully saturated rings. The Hall–Kier alpha value is -3.00. The fourth-order valence-electron chi connectivity index (χ4n) is 2.80. The number of thioether (sulfide) groups is 1. The Labute approximate surface area is 167 Å². The van der Waals surface area contributed by atoms with Crippen LogP contribution in [0.25, 0.3) is 11.4 Å². The van der Waals surface area contributed by atoms with Crippen LogP contribution in [0.1, 0.15) is 12.5 Å². The molecule has 1 aliphatic rings. The molecule has 4 rings (SSSR count). The number of aromatic nitrogens is 3. The summed E-state index contributed by atoms with van der Waals surface area (Å²) in [5.41, 5.74) is 2.85. The van der Waals surface area contributed by atoms with E-state index in [-0.39, 0.29) is 18.0 Å². The quantitative estimate of drug-likeness (QED) is 0.664. The predicted molar refractivity (Wildman–Crippen MR) is 108 cm³/mol. The maximum atomic E-state index is 12.6. The van der Waals surface area contributed by atoms with E-state index in [1.165, 1.54) is 17.3 Å². The first kappa shape index (κ1) is 18.4. The summed E-state index contributed by atoms with van der Waals surface area (Å²) in [5.74, 6) is 1.96. The fourth-order valence-corrected chi connectivity index (χ4v) is 3.62. The Morgan fingerprint density at radius 3 is 2.68 bits per heavy atom. The van der Waals surface area contributed by atoms with Gasteiger partial charge in [-0.15, -0.1) is 10.2 Å². The summed E-state index contributed by atoms with van der Waals surface area (Å²) in [7, 11) is 1.90. The number of nitrogens with zero attached hydrogens (tertiary/aromatic N) is 3. The highest BCUT2D eigenvalue weighted by molar-refractivity contribution is 8.00. The number of nitrogens with one attached hydrogen (secondary N) is 1. The second-order valence-electron chi connectivity index (χ2n) is 6.55. The van der Waals surface area contributed by atoms with Crippen molar-refractivity contribution >= 4 is 23.4 Å². The van der Waals surface area contributed by atoms with Crippen molar-refractivity contribution in [1.82, 2.24) is 14.8 Å². The molecule has 7 nitrogen and oxygen atoms in total. The number of carbonyl (C=O) groups is 1. The van der Waals surface area contributed by atoms with Gasteiger partial charge in [0.25, 0.3) is 0 Å². The molecule has 1 atom stereocenters. The van der Waals surface area contributed by atoms with E-state index in [2.05, 4.69) is 15.5 Å². The zero-order chi connectivity index (χ0) is 19.7. The zero-order valence-electron chi connectivity index (χ0n) is 15.8. The lowest BCUT2D eigenvalue weighted by molar-refractivity contribution is -0.115. The SMILES string of the molecule is Cc1ccc(-c2nnc(SC(C)C(=O)Nc3ccc4c(c3)OCO4)n2C)cc1. The largest absolute Gasteiger partial charge is 0.454 e. The number of benzene rings is 2. The van der Waals surface area contributed by atoms with Crippen LogP contribution in [0.15, 0.2) is 47.6 Å². The number of rotatable bonds is 5. The third-order valence-electron chi connectivity index (χ3n) is 4.44. The minimum absolute atomic E-state index is 0.122. The van der Waals surface area contributed by atoms with Crippen LogP contribution in [0.3, 0.4) is 0 Å². The van der Waals surface area contributed by atoms with Gasteiger partial charge in [0.15, 0.2) is 22.5 Å². The second kappa shape index (κ2) is 7.55. The van der Waals surface area contributed by atoms with Gasteiger partial charge < -0.3 is 19.4 Å². The lowest BCUT2D eigenvalue weighted by Crippen LogP contribution is -2.22. The lowest BCUT2D eigenvalue weighted by atomic mass is 10.1. The molecule has 28 heavy (non-hydrogen) atoms. The Balaban J connectivity index is 1.44. The molecule has 1 amide bonds. The third-order valence-corrected chi connectivity index (χ3v) is 5.57. The van der Waals surface area contributed by atoms with Gasteiger partial charge >= 0.3 is 0 Å². The van der Waals surface area contributed by atoms with Gasteiger partial charge in [0.05, 0.1) is 5.25 Å². The molecule has 0 saturated heterocycles. The van der Waals surface area contributed by atoms with Crippen LogP contribution in [0.5, 0.6) is 11.5 Å². The number of ether oxygens (including phenoxy) is 2. The van der Waals surface area contributed by atoms with Crippen molar-refractivity contribution in [2.45, 2.75) is 24.3 Å². The number of fused-ring (bicyclic) bond motifs is 1. The zero-order valence-corrected chi connectivity index (χ0v) is 16.6. The second-order valence-corrected chi connectivity index (χ2v) is 7.86. The molecular formula is C20H20N4O3S. The first-order chi connectivity index (χ1) is 13.5. The van der Waals surface area contributed by atoms with Crippen LogP contribution in [-0.4, -0.2) is 32.7 Å². The maximum absolute atomic E-state index is 12.6. The van der Waals surface area contributed by atoms with Crippen molar-refractivity contribution in [3.8, 4) is 22.9 Å². The van der Waals surface area contributed by atoms with E-state index >= 15 is 0 Å². The molecule has 0 aliphatic carbocycles. The molecule has 0 radical (unpaired) electrons. The molecule has 1 N–H and O–H groups in total. The van der Waals surface area contributed by atoms with Crippen LogP contribution in [0.2, 0.25) is 0 Å². The minimum Gasteiger partial charge on any atom is -0.454 e. The van der Waals surface area contributed by atoms with Crippen molar-refractivity contribution in [2.75, 3.05) is 12.1 Å². The van der Waals surface area contributed by atoms with Crippen molar-refractivity contribution in [1.29, 1.82) is 0 Å². The summed E-state index contributed by atoms with van der Waals surface area (Å²) < 4.78 is 12.5. The van der Waals surface area contributed by atoms with E-state index in [4.69, 9.17) is 9.47 Å². The third kappa shape index (κ3) is 3.68. The topological polar surface area (TPSA) is 78.3 Å². The molecule has 1 aromatic heterocycles. The monoisotopic (exact) mass is 396 g/mol. The number of hydrogen-bond donors (Lipinski definition) is 1. The summed E-state index contributed by atoms with van der Waals surface area (Å²) in [6.07, 6.45) is 0. The predicted octanol–water partition coefficient (Wildman–Crippen LogP) is 3.64. The summed E-state index contributed by atoms with van der Waals surface area (Å²) in [6, 6.07) is 13.5. The molecule has 1 unspecified atom stereocenters. The maximum Gasteiger partial charge on any atom is 0.237 e. The van der Waals surface area contributed by atoms with Gasteiger partial charge in [-0.25, -0.2) is 0 Å². The summed E-state index contributed by atoms with van der Waals surface area (Å²) in [6.45, 7) is 4.09. The first-order valence-electron chi connectivity index (χ1n) is 8.85. The van der Waals surface area contributed by atoms with E-state index in [1.54, 1.807) is 18.2 Å². The van der Waals surface area contributed by atoms with E-state index in [0.29, 0.717) is 22.3 Å². The molecule has 0 saturated carbocycles. The minimum atomic E-state index is -0.348. The number of carbonyl (C=O) groups excluding carboxylic acids is 1. The summed E-state index contributed by atoms with van der Waals surface area (Å²) in [4.78, 5) is 12.6. The van der Waals surface area contributed by atoms with Crippen molar-refractivity contribution in [3.05, 3.63) is 48.0 Å². The molecule has 1 aliphatic heterocycles. The summed E-state index contributed by atoms with van der Waals surface area (Å²) >= 11 is 1.36. The smallest absolute Gasteiger partial charge is 0.237 e. The van der Waals surface area contributed by atoms with Gasteiger partial charge in [-0.05, 0) is 26.0 Å². The average Bonchev–Trinajstić information content (AvgIpc) is 3.29. The van der Waals surface area contributed by atoms with Gasteiger partial charge in [-0.3, -0.25) is 4.79 Å². The number of hydrogen-bond acceptors (Lipinski definition) is 6. The first-order valence-corrected chi connectivity index (χ1v) is 9.73. The van der Waals surface area contributed by atoms with Crippen LogP contribution in [0.4, 0.5) is 5.69 Å².